The van der Waals surface area contributed by atoms with Crippen LogP contribution in [0, 0.1) is 6.92 Å². The smallest absolute Gasteiger partial charge is 0.236 e. The van der Waals surface area contributed by atoms with E-state index in [2.05, 4.69) is 4.72 Å². The first-order valence-corrected chi connectivity index (χ1v) is 8.00. The molecule has 2 aromatic carbocycles. The Labute approximate surface area is 123 Å². The molecule has 0 aromatic heterocycles. The first-order chi connectivity index (χ1) is 9.35. The summed E-state index contributed by atoms with van der Waals surface area (Å²) in [5, 5.41) is 0.571. The fourth-order valence-electron chi connectivity index (χ4n) is 1.85. The quantitative estimate of drug-likeness (QED) is 0.852. The van der Waals surface area contributed by atoms with Gasteiger partial charge in [-0.3, -0.25) is 4.72 Å². The first-order valence-electron chi connectivity index (χ1n) is 5.97. The summed E-state index contributed by atoms with van der Waals surface area (Å²) in [6.45, 7) is 1.80. The number of benzene rings is 2. The van der Waals surface area contributed by atoms with Crippen molar-refractivity contribution in [2.24, 2.45) is 0 Å². The second-order valence-corrected chi connectivity index (χ2v) is 6.72. The molecule has 0 atom stereocenters. The summed E-state index contributed by atoms with van der Waals surface area (Å²) in [6, 6.07) is 11.8. The Morgan fingerprint density at radius 1 is 1.20 bits per heavy atom. The van der Waals surface area contributed by atoms with Gasteiger partial charge in [0.15, 0.2) is 0 Å². The molecule has 0 fully saturated rings. The number of aryl methyl sites for hydroxylation is 1. The molecule has 0 unspecified atom stereocenters. The lowest BCUT2D eigenvalue weighted by Gasteiger charge is -2.11. The third-order valence-corrected chi connectivity index (χ3v) is 4.24. The number of hydrogen-bond donors (Lipinski definition) is 2. The lowest BCUT2D eigenvalue weighted by atomic mass is 10.2. The van der Waals surface area contributed by atoms with Gasteiger partial charge in [0.2, 0.25) is 10.0 Å². The largest absolute Gasteiger partial charge is 0.399 e. The molecular formula is C14H15ClN2O2S. The number of nitrogen functional groups attached to an aromatic ring is 1. The number of sulfonamides is 1. The molecule has 4 nitrogen and oxygen atoms in total. The number of rotatable bonds is 4. The fraction of sp³-hybridized carbons (Fsp3) is 0.143. The minimum atomic E-state index is -3.49. The average Bonchev–Trinajstić information content (AvgIpc) is 2.32. The molecule has 0 bridgehead atoms. The van der Waals surface area contributed by atoms with Crippen LogP contribution < -0.4 is 10.5 Å². The highest BCUT2D eigenvalue weighted by atomic mass is 35.5. The van der Waals surface area contributed by atoms with Crippen LogP contribution in [0.15, 0.2) is 42.5 Å². The van der Waals surface area contributed by atoms with E-state index in [1.807, 2.05) is 0 Å². The van der Waals surface area contributed by atoms with E-state index in [-0.39, 0.29) is 5.75 Å². The lowest BCUT2D eigenvalue weighted by Crippen LogP contribution is -2.15. The van der Waals surface area contributed by atoms with Crippen LogP contribution in [0.4, 0.5) is 11.4 Å². The second-order valence-electron chi connectivity index (χ2n) is 4.57. The Morgan fingerprint density at radius 2 is 1.95 bits per heavy atom. The Morgan fingerprint density at radius 3 is 2.60 bits per heavy atom. The number of hydrogen-bond acceptors (Lipinski definition) is 3. The molecule has 2 aromatic rings. The number of halogens is 1. The maximum Gasteiger partial charge on any atom is 0.236 e. The van der Waals surface area contributed by atoms with Crippen molar-refractivity contribution in [1.82, 2.24) is 0 Å². The zero-order valence-electron chi connectivity index (χ0n) is 10.9. The van der Waals surface area contributed by atoms with E-state index in [4.69, 9.17) is 17.3 Å². The van der Waals surface area contributed by atoms with Gasteiger partial charge in [-0.1, -0.05) is 23.7 Å². The minimum Gasteiger partial charge on any atom is -0.399 e. The Balaban J connectivity index is 2.19. The molecule has 0 heterocycles. The highest BCUT2D eigenvalue weighted by Crippen LogP contribution is 2.21. The highest BCUT2D eigenvalue weighted by Gasteiger charge is 2.13. The van der Waals surface area contributed by atoms with E-state index in [0.717, 1.165) is 5.56 Å². The molecule has 106 valence electrons. The summed E-state index contributed by atoms with van der Waals surface area (Å²) >= 11 is 5.84. The second kappa shape index (κ2) is 5.73. The van der Waals surface area contributed by atoms with Gasteiger partial charge in [-0.2, -0.15) is 0 Å². The van der Waals surface area contributed by atoms with Crippen LogP contribution in [0.5, 0.6) is 0 Å². The SMILES string of the molecule is Cc1cc(Cl)ccc1NS(=O)(=O)Cc1cccc(N)c1. The molecule has 0 radical (unpaired) electrons. The summed E-state index contributed by atoms with van der Waals surface area (Å²) < 4.78 is 26.8. The van der Waals surface area contributed by atoms with E-state index in [0.29, 0.717) is 22.0 Å². The van der Waals surface area contributed by atoms with Crippen molar-refractivity contribution in [3.63, 3.8) is 0 Å². The van der Waals surface area contributed by atoms with E-state index < -0.39 is 10.0 Å². The van der Waals surface area contributed by atoms with Crippen molar-refractivity contribution in [1.29, 1.82) is 0 Å². The average molecular weight is 311 g/mol. The van der Waals surface area contributed by atoms with Gasteiger partial charge >= 0.3 is 0 Å². The monoisotopic (exact) mass is 310 g/mol. The van der Waals surface area contributed by atoms with Crippen molar-refractivity contribution in [3.8, 4) is 0 Å². The molecule has 0 spiro atoms. The molecule has 0 aliphatic heterocycles. The molecule has 0 aliphatic carbocycles. The Bertz CT molecular complexity index is 730. The summed E-state index contributed by atoms with van der Waals surface area (Å²) in [5.74, 6) is -0.125. The number of nitrogens with two attached hydrogens (primary N) is 1. The number of anilines is 2. The van der Waals surface area contributed by atoms with E-state index in [1.54, 1.807) is 49.4 Å². The van der Waals surface area contributed by atoms with Gasteiger partial charge in [-0.25, -0.2) is 8.42 Å². The normalized spacial score (nSPS) is 11.3. The fourth-order valence-corrected chi connectivity index (χ4v) is 3.33. The number of nitrogens with one attached hydrogen (secondary N) is 1. The van der Waals surface area contributed by atoms with Gasteiger partial charge in [-0.15, -0.1) is 0 Å². The van der Waals surface area contributed by atoms with Crippen molar-refractivity contribution in [2.75, 3.05) is 10.5 Å². The van der Waals surface area contributed by atoms with Crippen molar-refractivity contribution < 1.29 is 8.42 Å². The Kier molecular flexibility index (Phi) is 4.20. The van der Waals surface area contributed by atoms with Gasteiger partial charge in [0.1, 0.15) is 0 Å². The summed E-state index contributed by atoms with van der Waals surface area (Å²) in [7, 11) is -3.49. The zero-order valence-corrected chi connectivity index (χ0v) is 12.5. The van der Waals surface area contributed by atoms with Gasteiger partial charge in [0.05, 0.1) is 11.4 Å². The van der Waals surface area contributed by atoms with Crippen molar-refractivity contribution in [2.45, 2.75) is 12.7 Å². The van der Waals surface area contributed by atoms with Crippen LogP contribution in [0.3, 0.4) is 0 Å². The summed E-state index contributed by atoms with van der Waals surface area (Å²) in [6.07, 6.45) is 0. The molecular weight excluding hydrogens is 296 g/mol. The van der Waals surface area contributed by atoms with Gasteiger partial charge in [0.25, 0.3) is 0 Å². The summed E-state index contributed by atoms with van der Waals surface area (Å²) in [5.41, 5.74) is 8.12. The predicted molar refractivity (Wildman–Crippen MR) is 83.3 cm³/mol. The predicted octanol–water partition coefficient (Wildman–Crippen LogP) is 3.17. The topological polar surface area (TPSA) is 72.2 Å². The third kappa shape index (κ3) is 3.88. The van der Waals surface area contributed by atoms with E-state index >= 15 is 0 Å². The van der Waals surface area contributed by atoms with Gasteiger partial charge in [0, 0.05) is 10.7 Å². The maximum absolute atomic E-state index is 12.1. The molecule has 3 N–H and O–H groups in total. The van der Waals surface area contributed by atoms with E-state index in [1.165, 1.54) is 0 Å². The van der Waals surface area contributed by atoms with Crippen LogP contribution in [-0.4, -0.2) is 8.42 Å². The highest BCUT2D eigenvalue weighted by molar-refractivity contribution is 7.91. The molecule has 0 aliphatic rings. The van der Waals surface area contributed by atoms with E-state index in [9.17, 15) is 8.42 Å². The minimum absolute atomic E-state index is 0.125. The lowest BCUT2D eigenvalue weighted by molar-refractivity contribution is 0.600. The van der Waals surface area contributed by atoms with Crippen LogP contribution in [0.2, 0.25) is 5.02 Å². The Hall–Kier alpha value is -1.72. The van der Waals surface area contributed by atoms with Crippen LogP contribution in [0.1, 0.15) is 11.1 Å². The first kappa shape index (κ1) is 14.7. The van der Waals surface area contributed by atoms with Gasteiger partial charge < -0.3 is 5.73 Å². The van der Waals surface area contributed by atoms with Crippen LogP contribution in [0.25, 0.3) is 0 Å². The van der Waals surface area contributed by atoms with Crippen LogP contribution in [-0.2, 0) is 15.8 Å². The maximum atomic E-state index is 12.1. The third-order valence-electron chi connectivity index (χ3n) is 2.76. The molecule has 0 saturated carbocycles. The zero-order chi connectivity index (χ0) is 14.8. The molecule has 2 rings (SSSR count). The van der Waals surface area contributed by atoms with Gasteiger partial charge in [-0.05, 0) is 48.4 Å². The molecule has 0 amide bonds. The molecule has 0 saturated heterocycles. The molecule has 20 heavy (non-hydrogen) atoms. The van der Waals surface area contributed by atoms with Crippen molar-refractivity contribution in [3.05, 3.63) is 58.6 Å². The van der Waals surface area contributed by atoms with Crippen LogP contribution >= 0.6 is 11.6 Å². The summed E-state index contributed by atoms with van der Waals surface area (Å²) in [4.78, 5) is 0. The van der Waals surface area contributed by atoms with Crippen molar-refractivity contribution >= 4 is 33.0 Å². The molecule has 6 heteroatoms. The standard InChI is InChI=1S/C14H15ClN2O2S/c1-10-7-12(15)5-6-14(10)17-20(18,19)9-11-3-2-4-13(16)8-11/h2-8,17H,9,16H2,1H3.